The van der Waals surface area contributed by atoms with Gasteiger partial charge in [0.2, 0.25) is 11.8 Å². The fourth-order valence-corrected chi connectivity index (χ4v) is 2.58. The van der Waals surface area contributed by atoms with E-state index in [1.807, 2.05) is 6.92 Å². The highest BCUT2D eigenvalue weighted by Gasteiger charge is 2.30. The first-order valence-electron chi connectivity index (χ1n) is 7.09. The van der Waals surface area contributed by atoms with Crippen LogP contribution in [0.5, 0.6) is 0 Å². The van der Waals surface area contributed by atoms with E-state index in [0.29, 0.717) is 21.7 Å². The molecule has 1 heterocycles. The molecule has 1 aliphatic rings. The summed E-state index contributed by atoms with van der Waals surface area (Å²) in [6.07, 6.45) is 0. The molecule has 1 atom stereocenters. The first kappa shape index (κ1) is 20.0. The molecule has 2 rings (SSSR count). The molecule has 23 heavy (non-hydrogen) atoms. The monoisotopic (exact) mass is 379 g/mol. The second-order valence-corrected chi connectivity index (χ2v) is 6.39. The third-order valence-corrected chi connectivity index (χ3v) is 4.61. The summed E-state index contributed by atoms with van der Waals surface area (Å²) in [5.41, 5.74) is 0.552. The molecule has 0 aromatic heterocycles. The molecule has 0 radical (unpaired) electrons. The number of hydrogen-bond donors (Lipinski definition) is 2. The molecular weight excluding hydrogens is 361 g/mol. The number of anilines is 1. The smallest absolute Gasteiger partial charge is 0.243 e. The van der Waals surface area contributed by atoms with E-state index in [2.05, 4.69) is 10.6 Å². The summed E-state index contributed by atoms with van der Waals surface area (Å²) in [5, 5.41) is 6.65. The number of nitrogens with zero attached hydrogens (tertiary/aromatic N) is 1. The van der Waals surface area contributed by atoms with Crippen LogP contribution in [0.1, 0.15) is 6.92 Å². The van der Waals surface area contributed by atoms with E-state index in [-0.39, 0.29) is 36.7 Å². The molecule has 5 nitrogen and oxygen atoms in total. The standard InChI is InChI=1S/C15H19Cl2N3O2.ClH/c1-9(10-6-18-7-10)15(22)20(2)8-14(21)19-11-3-4-12(16)13(17)5-11;/h3-5,9-10,18H,6-8H2,1-2H3,(H,19,21);1H. The van der Waals surface area contributed by atoms with Gasteiger partial charge < -0.3 is 15.5 Å². The second-order valence-electron chi connectivity index (χ2n) is 5.58. The molecule has 0 saturated carbocycles. The van der Waals surface area contributed by atoms with Crippen molar-refractivity contribution in [1.29, 1.82) is 0 Å². The van der Waals surface area contributed by atoms with Gasteiger partial charge in [0.05, 0.1) is 16.6 Å². The highest BCUT2D eigenvalue weighted by Crippen LogP contribution is 2.25. The van der Waals surface area contributed by atoms with Crippen molar-refractivity contribution in [3.63, 3.8) is 0 Å². The van der Waals surface area contributed by atoms with Crippen molar-refractivity contribution in [2.45, 2.75) is 6.92 Å². The predicted molar refractivity (Wildman–Crippen MR) is 95.5 cm³/mol. The normalized spacial score (nSPS) is 15.1. The molecule has 2 N–H and O–H groups in total. The fraction of sp³-hybridized carbons (Fsp3) is 0.467. The number of halogens is 3. The first-order chi connectivity index (χ1) is 10.4. The van der Waals surface area contributed by atoms with Gasteiger partial charge in [-0.15, -0.1) is 12.4 Å². The molecule has 1 fully saturated rings. The third-order valence-electron chi connectivity index (χ3n) is 3.87. The van der Waals surface area contributed by atoms with Crippen LogP contribution in [0.25, 0.3) is 0 Å². The van der Waals surface area contributed by atoms with E-state index >= 15 is 0 Å². The average molecular weight is 381 g/mol. The summed E-state index contributed by atoms with van der Waals surface area (Å²) in [5.74, 6) is -0.0129. The van der Waals surface area contributed by atoms with Crippen molar-refractivity contribution >= 4 is 53.1 Å². The Morgan fingerprint density at radius 3 is 2.52 bits per heavy atom. The lowest BCUT2D eigenvalue weighted by Gasteiger charge is -2.33. The number of carbonyl (C=O) groups is 2. The van der Waals surface area contributed by atoms with Crippen LogP contribution >= 0.6 is 35.6 Å². The van der Waals surface area contributed by atoms with Gasteiger partial charge in [0.15, 0.2) is 0 Å². The largest absolute Gasteiger partial charge is 0.336 e. The van der Waals surface area contributed by atoms with Crippen molar-refractivity contribution in [1.82, 2.24) is 10.2 Å². The molecule has 128 valence electrons. The molecule has 0 spiro atoms. The molecule has 1 aromatic carbocycles. The van der Waals surface area contributed by atoms with E-state index in [1.165, 1.54) is 4.90 Å². The minimum atomic E-state index is -0.270. The van der Waals surface area contributed by atoms with Crippen molar-refractivity contribution in [2.24, 2.45) is 11.8 Å². The minimum Gasteiger partial charge on any atom is -0.336 e. The molecule has 2 amide bonds. The summed E-state index contributed by atoms with van der Waals surface area (Å²) < 4.78 is 0. The number of hydrogen-bond acceptors (Lipinski definition) is 3. The highest BCUT2D eigenvalue weighted by atomic mass is 35.5. The fourth-order valence-electron chi connectivity index (χ4n) is 2.28. The molecule has 1 unspecified atom stereocenters. The van der Waals surface area contributed by atoms with E-state index in [1.54, 1.807) is 25.2 Å². The number of likely N-dealkylation sites (N-methyl/N-ethyl adjacent to an activating group) is 1. The van der Waals surface area contributed by atoms with Crippen LogP contribution in [0.4, 0.5) is 5.69 Å². The SMILES string of the molecule is CC(C(=O)N(C)CC(=O)Nc1ccc(Cl)c(Cl)c1)C1CNC1.Cl. The predicted octanol–water partition coefficient (Wildman–Crippen LogP) is 2.67. The quantitative estimate of drug-likeness (QED) is 0.825. The van der Waals surface area contributed by atoms with Gasteiger partial charge >= 0.3 is 0 Å². The summed E-state index contributed by atoms with van der Waals surface area (Å²) in [6.45, 7) is 3.62. The van der Waals surface area contributed by atoms with Gasteiger partial charge in [-0.3, -0.25) is 9.59 Å². The Hall–Kier alpha value is -1.01. The first-order valence-corrected chi connectivity index (χ1v) is 7.84. The third kappa shape index (κ3) is 5.24. The van der Waals surface area contributed by atoms with Gasteiger partial charge in [-0.05, 0) is 37.2 Å². The van der Waals surface area contributed by atoms with Gasteiger partial charge in [0.1, 0.15) is 0 Å². The van der Waals surface area contributed by atoms with Gasteiger partial charge in [-0.2, -0.15) is 0 Å². The second kappa shape index (κ2) is 8.73. The maximum Gasteiger partial charge on any atom is 0.243 e. The Kier molecular flexibility index (Phi) is 7.61. The van der Waals surface area contributed by atoms with Crippen LogP contribution in [-0.2, 0) is 9.59 Å². The van der Waals surface area contributed by atoms with Crippen LogP contribution in [0.3, 0.4) is 0 Å². The average Bonchev–Trinajstić information content (AvgIpc) is 2.39. The lowest BCUT2D eigenvalue weighted by molar-refractivity contribution is -0.138. The van der Waals surface area contributed by atoms with Crippen molar-refractivity contribution in [3.8, 4) is 0 Å². The summed E-state index contributed by atoms with van der Waals surface area (Å²) in [4.78, 5) is 25.7. The molecule has 0 aliphatic carbocycles. The van der Waals surface area contributed by atoms with Crippen LogP contribution in [0.15, 0.2) is 18.2 Å². The zero-order chi connectivity index (χ0) is 16.3. The maximum absolute atomic E-state index is 12.2. The number of carbonyl (C=O) groups excluding carboxylic acids is 2. The summed E-state index contributed by atoms with van der Waals surface area (Å²) in [6, 6.07) is 4.85. The molecule has 1 saturated heterocycles. The Morgan fingerprint density at radius 2 is 2.00 bits per heavy atom. The minimum absolute atomic E-state index is 0. The lowest BCUT2D eigenvalue weighted by atomic mass is 9.88. The number of nitrogens with one attached hydrogen (secondary N) is 2. The van der Waals surface area contributed by atoms with Gasteiger partial charge in [0, 0.05) is 18.7 Å². The van der Waals surface area contributed by atoms with Crippen LogP contribution in [-0.4, -0.2) is 43.4 Å². The molecule has 0 bridgehead atoms. The molecule has 1 aliphatic heterocycles. The highest BCUT2D eigenvalue weighted by molar-refractivity contribution is 6.42. The van der Waals surface area contributed by atoms with Crippen LogP contribution in [0, 0.1) is 11.8 Å². The van der Waals surface area contributed by atoms with Gasteiger partial charge in [-0.1, -0.05) is 30.1 Å². The topological polar surface area (TPSA) is 61.4 Å². The lowest BCUT2D eigenvalue weighted by Crippen LogP contribution is -2.50. The van der Waals surface area contributed by atoms with E-state index < -0.39 is 0 Å². The molecule has 1 aromatic rings. The summed E-state index contributed by atoms with van der Waals surface area (Å²) >= 11 is 11.7. The van der Waals surface area contributed by atoms with Crippen molar-refractivity contribution in [3.05, 3.63) is 28.2 Å². The maximum atomic E-state index is 12.2. The Morgan fingerprint density at radius 1 is 1.35 bits per heavy atom. The van der Waals surface area contributed by atoms with Crippen LogP contribution in [0.2, 0.25) is 10.0 Å². The number of benzene rings is 1. The Balaban J connectivity index is 0.00000264. The summed E-state index contributed by atoms with van der Waals surface area (Å²) in [7, 11) is 1.64. The Bertz CT molecular complexity index is 579. The zero-order valence-electron chi connectivity index (χ0n) is 12.9. The van der Waals surface area contributed by atoms with Gasteiger partial charge in [0.25, 0.3) is 0 Å². The zero-order valence-corrected chi connectivity index (χ0v) is 15.3. The van der Waals surface area contributed by atoms with Gasteiger partial charge in [-0.25, -0.2) is 0 Å². The van der Waals surface area contributed by atoms with E-state index in [9.17, 15) is 9.59 Å². The van der Waals surface area contributed by atoms with Crippen molar-refractivity contribution in [2.75, 3.05) is 32.0 Å². The Labute approximate surface area is 152 Å². The van der Waals surface area contributed by atoms with E-state index in [4.69, 9.17) is 23.2 Å². The van der Waals surface area contributed by atoms with Crippen LogP contribution < -0.4 is 10.6 Å². The van der Waals surface area contributed by atoms with Crippen molar-refractivity contribution < 1.29 is 9.59 Å². The number of amides is 2. The molecular formula is C15H20Cl3N3O2. The van der Waals surface area contributed by atoms with E-state index in [0.717, 1.165) is 13.1 Å². The number of rotatable bonds is 5. The molecule has 8 heteroatoms.